The molecule has 2 saturated heterocycles. The number of benzene rings is 2. The summed E-state index contributed by atoms with van der Waals surface area (Å²) in [6.07, 6.45) is 5.92. The Morgan fingerprint density at radius 2 is 1.79 bits per heavy atom. The van der Waals surface area contributed by atoms with Gasteiger partial charge >= 0.3 is 6.01 Å². The van der Waals surface area contributed by atoms with Gasteiger partial charge in [-0.2, -0.15) is 9.97 Å². The van der Waals surface area contributed by atoms with Gasteiger partial charge in [0.15, 0.2) is 0 Å². The minimum atomic E-state index is 0.254. The molecule has 1 N–H and O–H groups in total. The molecular weight excluding hydrogens is 472 g/mol. The molecule has 1 saturated carbocycles. The lowest BCUT2D eigenvalue weighted by molar-refractivity contribution is 0.182. The number of piperazine rings is 1. The SMILES string of the molecule is Cc1cccc2cccc(N3CCc4c(nc(OCC5(CN(C)C)CC5)nc4N4CC5CCC(C4)N5)C3)c12. The standard InChI is InChI=1S/C31H40N6O/c1-21-6-4-7-22-8-5-9-27(28(21)22)36-15-12-25-26(18-36)33-30(38-20-31(13-14-31)19-35(2)3)34-29(25)37-16-23-10-11-24(17-37)32-23/h4-9,23-24,32H,10-20H2,1-3H3. The average Bonchev–Trinajstić information content (AvgIpc) is 3.59. The Kier molecular flexibility index (Phi) is 5.97. The molecule has 3 aromatic rings. The molecule has 7 nitrogen and oxygen atoms in total. The molecule has 0 spiro atoms. The van der Waals surface area contributed by atoms with Crippen molar-refractivity contribution in [2.45, 2.75) is 57.7 Å². The highest BCUT2D eigenvalue weighted by Crippen LogP contribution is 2.46. The van der Waals surface area contributed by atoms with Crippen molar-refractivity contribution in [1.29, 1.82) is 0 Å². The number of aromatic nitrogens is 2. The van der Waals surface area contributed by atoms with Crippen LogP contribution in [0.3, 0.4) is 0 Å². The second-order valence-electron chi connectivity index (χ2n) is 12.4. The van der Waals surface area contributed by atoms with Gasteiger partial charge in [-0.05, 0) is 70.1 Å². The number of nitrogens with one attached hydrogen (secondary N) is 1. The number of fused-ring (bicyclic) bond motifs is 4. The second-order valence-corrected chi connectivity index (χ2v) is 12.4. The largest absolute Gasteiger partial charge is 0.463 e. The van der Waals surface area contributed by atoms with E-state index in [9.17, 15) is 0 Å². The van der Waals surface area contributed by atoms with Crippen LogP contribution in [0.4, 0.5) is 11.5 Å². The van der Waals surface area contributed by atoms with Crippen molar-refractivity contribution in [3.05, 3.63) is 53.2 Å². The van der Waals surface area contributed by atoms with Crippen LogP contribution in [-0.2, 0) is 13.0 Å². The first-order valence-corrected chi connectivity index (χ1v) is 14.4. The summed E-state index contributed by atoms with van der Waals surface area (Å²) in [5.41, 5.74) is 5.33. The third-order valence-electron chi connectivity index (χ3n) is 9.09. The van der Waals surface area contributed by atoms with Crippen molar-refractivity contribution in [2.75, 3.05) is 56.7 Å². The van der Waals surface area contributed by atoms with E-state index in [1.807, 2.05) is 0 Å². The van der Waals surface area contributed by atoms with Crippen molar-refractivity contribution in [2.24, 2.45) is 5.41 Å². The minimum absolute atomic E-state index is 0.254. The molecule has 2 unspecified atom stereocenters. The molecule has 7 rings (SSSR count). The number of nitrogens with zero attached hydrogens (tertiary/aromatic N) is 5. The fourth-order valence-corrected chi connectivity index (χ4v) is 7.07. The molecule has 2 aromatic carbocycles. The van der Waals surface area contributed by atoms with E-state index in [1.165, 1.54) is 53.3 Å². The highest BCUT2D eigenvalue weighted by atomic mass is 16.5. The molecular formula is C31H40N6O. The molecule has 4 heterocycles. The molecule has 2 atom stereocenters. The Hall–Kier alpha value is -2.90. The smallest absolute Gasteiger partial charge is 0.318 e. The van der Waals surface area contributed by atoms with E-state index < -0.39 is 0 Å². The predicted molar refractivity (Wildman–Crippen MR) is 153 cm³/mol. The van der Waals surface area contributed by atoms with Crippen LogP contribution in [0.1, 0.15) is 42.5 Å². The summed E-state index contributed by atoms with van der Waals surface area (Å²) in [7, 11) is 4.30. The van der Waals surface area contributed by atoms with E-state index in [1.54, 1.807) is 0 Å². The molecule has 38 heavy (non-hydrogen) atoms. The van der Waals surface area contributed by atoms with Crippen LogP contribution in [0, 0.1) is 12.3 Å². The monoisotopic (exact) mass is 512 g/mol. The van der Waals surface area contributed by atoms with E-state index >= 15 is 0 Å². The molecule has 2 bridgehead atoms. The van der Waals surface area contributed by atoms with Crippen LogP contribution < -0.4 is 19.9 Å². The van der Waals surface area contributed by atoms with Gasteiger partial charge in [0, 0.05) is 60.3 Å². The zero-order valence-electron chi connectivity index (χ0n) is 23.0. The van der Waals surface area contributed by atoms with Gasteiger partial charge in [-0.3, -0.25) is 0 Å². The number of ether oxygens (including phenoxy) is 1. The number of rotatable bonds is 7. The maximum absolute atomic E-state index is 6.42. The normalized spacial score (nSPS) is 23.7. The summed E-state index contributed by atoms with van der Waals surface area (Å²) < 4.78 is 6.42. The number of hydrogen-bond donors (Lipinski definition) is 1. The van der Waals surface area contributed by atoms with Crippen LogP contribution in [0.15, 0.2) is 36.4 Å². The van der Waals surface area contributed by atoms with Gasteiger partial charge in [0.05, 0.1) is 18.8 Å². The summed E-state index contributed by atoms with van der Waals surface area (Å²) >= 11 is 0. The topological polar surface area (TPSA) is 56.8 Å². The highest BCUT2D eigenvalue weighted by Gasteiger charge is 2.44. The quantitative estimate of drug-likeness (QED) is 0.510. The molecule has 3 aliphatic heterocycles. The maximum Gasteiger partial charge on any atom is 0.318 e. The molecule has 0 amide bonds. The number of hydrogen-bond acceptors (Lipinski definition) is 7. The van der Waals surface area contributed by atoms with E-state index in [0.717, 1.165) is 50.7 Å². The van der Waals surface area contributed by atoms with E-state index in [0.29, 0.717) is 24.7 Å². The van der Waals surface area contributed by atoms with Gasteiger partial charge in [0.1, 0.15) is 5.82 Å². The average molecular weight is 513 g/mol. The van der Waals surface area contributed by atoms with Crippen LogP contribution in [0.5, 0.6) is 6.01 Å². The van der Waals surface area contributed by atoms with E-state index in [-0.39, 0.29) is 5.41 Å². The first-order valence-electron chi connectivity index (χ1n) is 14.4. The third kappa shape index (κ3) is 4.50. The minimum Gasteiger partial charge on any atom is -0.463 e. The summed E-state index contributed by atoms with van der Waals surface area (Å²) in [6.45, 7) is 7.78. The third-order valence-corrected chi connectivity index (χ3v) is 9.09. The fourth-order valence-electron chi connectivity index (χ4n) is 7.07. The van der Waals surface area contributed by atoms with E-state index in [4.69, 9.17) is 14.7 Å². The van der Waals surface area contributed by atoms with Gasteiger partial charge in [-0.1, -0.05) is 30.3 Å². The van der Waals surface area contributed by atoms with Crippen LogP contribution in [-0.4, -0.2) is 73.8 Å². The van der Waals surface area contributed by atoms with Gasteiger partial charge in [-0.15, -0.1) is 0 Å². The lowest BCUT2D eigenvalue weighted by Crippen LogP contribution is -2.52. The second kappa shape index (κ2) is 9.38. The maximum atomic E-state index is 6.42. The van der Waals surface area contributed by atoms with Crippen molar-refractivity contribution in [1.82, 2.24) is 20.2 Å². The van der Waals surface area contributed by atoms with Crippen LogP contribution in [0.25, 0.3) is 10.8 Å². The predicted octanol–water partition coefficient (Wildman–Crippen LogP) is 4.16. The Balaban J connectivity index is 1.22. The Morgan fingerprint density at radius 1 is 1.03 bits per heavy atom. The Bertz CT molecular complexity index is 1330. The molecule has 1 aromatic heterocycles. The lowest BCUT2D eigenvalue weighted by atomic mass is 9.99. The Labute approximate surface area is 226 Å². The zero-order chi connectivity index (χ0) is 25.9. The van der Waals surface area contributed by atoms with Gasteiger partial charge in [0.2, 0.25) is 0 Å². The number of aryl methyl sites for hydroxylation is 1. The molecule has 4 aliphatic rings. The number of anilines is 2. The van der Waals surface area contributed by atoms with Crippen LogP contribution >= 0.6 is 0 Å². The highest BCUT2D eigenvalue weighted by molar-refractivity contribution is 5.97. The molecule has 0 radical (unpaired) electrons. The summed E-state index contributed by atoms with van der Waals surface area (Å²) in [6, 6.07) is 15.0. The summed E-state index contributed by atoms with van der Waals surface area (Å²) in [4.78, 5) is 17.5. The first-order chi connectivity index (χ1) is 18.5. The molecule has 200 valence electrons. The zero-order valence-corrected chi connectivity index (χ0v) is 23.0. The van der Waals surface area contributed by atoms with Crippen LogP contribution in [0.2, 0.25) is 0 Å². The molecule has 7 heteroatoms. The fraction of sp³-hybridized carbons (Fsp3) is 0.548. The Morgan fingerprint density at radius 3 is 2.53 bits per heavy atom. The van der Waals surface area contributed by atoms with Crippen molar-refractivity contribution in [3.63, 3.8) is 0 Å². The molecule has 3 fully saturated rings. The summed E-state index contributed by atoms with van der Waals surface area (Å²) in [5, 5.41) is 6.43. The summed E-state index contributed by atoms with van der Waals surface area (Å²) in [5.74, 6) is 1.12. The molecule has 1 aliphatic carbocycles. The first kappa shape index (κ1) is 24.2. The van der Waals surface area contributed by atoms with Gasteiger partial charge < -0.3 is 24.8 Å². The van der Waals surface area contributed by atoms with Crippen molar-refractivity contribution < 1.29 is 4.74 Å². The van der Waals surface area contributed by atoms with Gasteiger partial charge in [-0.25, -0.2) is 0 Å². The van der Waals surface area contributed by atoms with Crippen molar-refractivity contribution >= 4 is 22.3 Å². The lowest BCUT2D eigenvalue weighted by Gasteiger charge is -2.37. The van der Waals surface area contributed by atoms with Gasteiger partial charge in [0.25, 0.3) is 0 Å². The van der Waals surface area contributed by atoms with Crippen molar-refractivity contribution in [3.8, 4) is 6.01 Å². The van der Waals surface area contributed by atoms with E-state index in [2.05, 4.69) is 77.4 Å².